The predicted octanol–water partition coefficient (Wildman–Crippen LogP) is 2.46. The molecule has 1 aliphatic rings. The molecule has 1 saturated heterocycles. The Morgan fingerprint density at radius 2 is 1.69 bits per heavy atom. The molecular weight excluding hydrogens is 336 g/mol. The van der Waals surface area contributed by atoms with Crippen molar-refractivity contribution < 1.29 is 24.2 Å². The number of phenols is 1. The number of hydrogen-bond donors (Lipinski definition) is 2. The molecule has 0 bridgehead atoms. The van der Waals surface area contributed by atoms with Gasteiger partial charge in [0.25, 0.3) is 11.8 Å². The Hall–Kier alpha value is -3.61. The summed E-state index contributed by atoms with van der Waals surface area (Å²) in [6.45, 7) is 2.35. The van der Waals surface area contributed by atoms with Crippen LogP contribution in [-0.2, 0) is 9.59 Å². The first-order valence-corrected chi connectivity index (χ1v) is 7.93. The van der Waals surface area contributed by atoms with Gasteiger partial charge in [-0.15, -0.1) is 0 Å². The van der Waals surface area contributed by atoms with E-state index in [1.807, 2.05) is 6.92 Å². The first kappa shape index (κ1) is 17.2. The number of anilines is 1. The van der Waals surface area contributed by atoms with Gasteiger partial charge in [-0.05, 0) is 55.0 Å². The highest BCUT2D eigenvalue weighted by atomic mass is 16.5. The smallest absolute Gasteiger partial charge is 0.335 e. The maximum absolute atomic E-state index is 12.7. The lowest BCUT2D eigenvalue weighted by molar-refractivity contribution is -0.122. The lowest BCUT2D eigenvalue weighted by atomic mass is 10.1. The van der Waals surface area contributed by atoms with Crippen molar-refractivity contribution in [3.63, 3.8) is 0 Å². The molecule has 26 heavy (non-hydrogen) atoms. The molecule has 0 aliphatic carbocycles. The molecule has 1 heterocycles. The number of nitrogens with zero attached hydrogens (tertiary/aromatic N) is 1. The fraction of sp³-hybridized carbons (Fsp3) is 0.105. The van der Waals surface area contributed by atoms with Crippen LogP contribution >= 0.6 is 0 Å². The zero-order valence-electron chi connectivity index (χ0n) is 13.9. The van der Waals surface area contributed by atoms with E-state index in [1.54, 1.807) is 36.4 Å². The van der Waals surface area contributed by atoms with Crippen LogP contribution in [0.4, 0.5) is 10.5 Å². The van der Waals surface area contributed by atoms with Gasteiger partial charge < -0.3 is 9.84 Å². The van der Waals surface area contributed by atoms with E-state index in [0.717, 1.165) is 4.90 Å². The third-order valence-electron chi connectivity index (χ3n) is 3.71. The maximum Gasteiger partial charge on any atom is 0.335 e. The minimum Gasteiger partial charge on any atom is -0.508 e. The number of nitrogens with one attached hydrogen (secondary N) is 1. The average Bonchev–Trinajstić information content (AvgIpc) is 2.62. The van der Waals surface area contributed by atoms with E-state index in [-0.39, 0.29) is 11.3 Å². The van der Waals surface area contributed by atoms with E-state index in [1.165, 1.54) is 18.2 Å². The van der Waals surface area contributed by atoms with E-state index in [0.29, 0.717) is 23.6 Å². The van der Waals surface area contributed by atoms with Crippen LogP contribution in [0.3, 0.4) is 0 Å². The van der Waals surface area contributed by atoms with Crippen LogP contribution in [0.5, 0.6) is 11.5 Å². The Bertz CT molecular complexity index is 885. The molecule has 132 valence electrons. The minimum atomic E-state index is -0.813. The van der Waals surface area contributed by atoms with Crippen molar-refractivity contribution in [3.8, 4) is 11.5 Å². The van der Waals surface area contributed by atoms with Crippen LogP contribution in [0, 0.1) is 0 Å². The van der Waals surface area contributed by atoms with E-state index in [4.69, 9.17) is 4.74 Å². The largest absolute Gasteiger partial charge is 0.508 e. The van der Waals surface area contributed by atoms with E-state index in [9.17, 15) is 19.5 Å². The molecule has 1 fully saturated rings. The number of benzene rings is 2. The van der Waals surface area contributed by atoms with Crippen LogP contribution < -0.4 is 15.0 Å². The molecular formula is C19H16N2O5. The molecule has 0 atom stereocenters. The number of barbiturate groups is 1. The molecule has 2 aromatic carbocycles. The van der Waals surface area contributed by atoms with Gasteiger partial charge >= 0.3 is 6.03 Å². The number of urea groups is 1. The Balaban J connectivity index is 1.93. The number of hydrogen-bond acceptors (Lipinski definition) is 5. The second kappa shape index (κ2) is 7.10. The quantitative estimate of drug-likeness (QED) is 0.651. The number of rotatable bonds is 4. The van der Waals surface area contributed by atoms with E-state index >= 15 is 0 Å². The van der Waals surface area contributed by atoms with Gasteiger partial charge in [0.1, 0.15) is 17.1 Å². The van der Waals surface area contributed by atoms with Gasteiger partial charge in [0.15, 0.2) is 0 Å². The molecule has 2 N–H and O–H groups in total. The van der Waals surface area contributed by atoms with Crippen molar-refractivity contribution in [2.75, 3.05) is 11.5 Å². The fourth-order valence-electron chi connectivity index (χ4n) is 2.49. The van der Waals surface area contributed by atoms with Crippen molar-refractivity contribution in [2.45, 2.75) is 6.92 Å². The van der Waals surface area contributed by atoms with Gasteiger partial charge in [-0.1, -0.05) is 12.1 Å². The highest BCUT2D eigenvalue weighted by Crippen LogP contribution is 2.24. The second-order valence-corrected chi connectivity index (χ2v) is 5.48. The average molecular weight is 352 g/mol. The number of ether oxygens (including phenoxy) is 1. The third-order valence-corrected chi connectivity index (χ3v) is 3.71. The zero-order chi connectivity index (χ0) is 18.7. The molecule has 7 nitrogen and oxygen atoms in total. The molecule has 0 unspecified atom stereocenters. The second-order valence-electron chi connectivity index (χ2n) is 5.48. The number of carbonyl (C=O) groups is 3. The first-order chi connectivity index (χ1) is 12.5. The summed E-state index contributed by atoms with van der Waals surface area (Å²) in [5.74, 6) is -0.818. The minimum absolute atomic E-state index is 0.0674. The number of carbonyl (C=O) groups excluding carboxylic acids is 3. The van der Waals surface area contributed by atoms with Gasteiger partial charge in [0.05, 0.1) is 12.3 Å². The fourth-order valence-corrected chi connectivity index (χ4v) is 2.49. The van der Waals surface area contributed by atoms with Gasteiger partial charge in [0, 0.05) is 0 Å². The molecule has 7 heteroatoms. The summed E-state index contributed by atoms with van der Waals surface area (Å²) in [6.07, 6.45) is 1.37. The summed E-state index contributed by atoms with van der Waals surface area (Å²) in [4.78, 5) is 37.9. The summed E-state index contributed by atoms with van der Waals surface area (Å²) in [5, 5.41) is 11.5. The zero-order valence-corrected chi connectivity index (χ0v) is 13.9. The lowest BCUT2D eigenvalue weighted by Crippen LogP contribution is -2.54. The van der Waals surface area contributed by atoms with Gasteiger partial charge in [0.2, 0.25) is 0 Å². The van der Waals surface area contributed by atoms with Crippen LogP contribution in [0.25, 0.3) is 6.08 Å². The molecule has 3 rings (SSSR count). The number of imide groups is 2. The van der Waals surface area contributed by atoms with Gasteiger partial charge in [-0.25, -0.2) is 9.69 Å². The Morgan fingerprint density at radius 3 is 2.31 bits per heavy atom. The van der Waals surface area contributed by atoms with Crippen LogP contribution in [0.2, 0.25) is 0 Å². The maximum atomic E-state index is 12.7. The molecule has 2 aromatic rings. The Morgan fingerprint density at radius 1 is 1.04 bits per heavy atom. The monoisotopic (exact) mass is 352 g/mol. The van der Waals surface area contributed by atoms with E-state index in [2.05, 4.69) is 5.32 Å². The van der Waals surface area contributed by atoms with Crippen LogP contribution in [0.15, 0.2) is 54.1 Å². The lowest BCUT2D eigenvalue weighted by Gasteiger charge is -2.26. The summed E-state index contributed by atoms with van der Waals surface area (Å²) in [6, 6.07) is 11.6. The summed E-state index contributed by atoms with van der Waals surface area (Å²) < 4.78 is 5.34. The van der Waals surface area contributed by atoms with Crippen molar-refractivity contribution in [1.82, 2.24) is 5.32 Å². The molecule has 0 saturated carbocycles. The third kappa shape index (κ3) is 3.41. The summed E-state index contributed by atoms with van der Waals surface area (Å²) in [7, 11) is 0. The van der Waals surface area contributed by atoms with Gasteiger partial charge in [-0.2, -0.15) is 0 Å². The number of phenolic OH excluding ortho intramolecular Hbond substituents is 1. The van der Waals surface area contributed by atoms with Crippen molar-refractivity contribution in [2.24, 2.45) is 0 Å². The van der Waals surface area contributed by atoms with Crippen LogP contribution in [0.1, 0.15) is 12.5 Å². The Kier molecular flexibility index (Phi) is 4.70. The highest BCUT2D eigenvalue weighted by Gasteiger charge is 2.36. The standard InChI is InChI=1S/C19H16N2O5/c1-2-26-15-9-5-13(6-10-15)21-18(24)16(17(23)20-19(21)25)11-12-3-7-14(22)8-4-12/h3-11,22H,2H2,1H3,(H,20,23,25)/b16-11+. The van der Waals surface area contributed by atoms with Gasteiger partial charge in [-0.3, -0.25) is 14.9 Å². The van der Waals surface area contributed by atoms with Crippen molar-refractivity contribution in [3.05, 3.63) is 59.7 Å². The SMILES string of the molecule is CCOc1ccc(N2C(=O)NC(=O)/C(=C\c3ccc(O)cc3)C2=O)cc1. The highest BCUT2D eigenvalue weighted by molar-refractivity contribution is 6.39. The predicted molar refractivity (Wildman–Crippen MR) is 94.7 cm³/mol. The molecule has 0 aromatic heterocycles. The molecule has 1 aliphatic heterocycles. The molecule has 4 amide bonds. The summed E-state index contributed by atoms with van der Waals surface area (Å²) >= 11 is 0. The van der Waals surface area contributed by atoms with Crippen molar-refractivity contribution in [1.29, 1.82) is 0 Å². The first-order valence-electron chi connectivity index (χ1n) is 7.93. The van der Waals surface area contributed by atoms with Crippen molar-refractivity contribution >= 4 is 29.6 Å². The van der Waals surface area contributed by atoms with E-state index < -0.39 is 17.8 Å². The van der Waals surface area contributed by atoms with Crippen LogP contribution in [-0.4, -0.2) is 29.6 Å². The molecule has 0 radical (unpaired) electrons. The Labute approximate surface area is 149 Å². The number of amides is 4. The number of aromatic hydroxyl groups is 1. The molecule has 0 spiro atoms. The topological polar surface area (TPSA) is 95.9 Å². The summed E-state index contributed by atoms with van der Waals surface area (Å²) in [5.41, 5.74) is 0.687. The normalized spacial score (nSPS) is 16.0.